The fourth-order valence-electron chi connectivity index (χ4n) is 5.17. The fraction of sp³-hybridized carbons (Fsp3) is 0.257. The average Bonchev–Trinajstić information content (AvgIpc) is 3.06. The topological polar surface area (TPSA) is 121 Å². The van der Waals surface area contributed by atoms with Crippen LogP contribution in [0.3, 0.4) is 0 Å². The Morgan fingerprint density at radius 1 is 0.723 bits per heavy atom. The number of benzene rings is 4. The first-order chi connectivity index (χ1) is 22.4. The molecule has 12 heteroatoms. The molecule has 0 bridgehead atoms. The lowest BCUT2D eigenvalue weighted by Crippen LogP contribution is -2.63. The van der Waals surface area contributed by atoms with Crippen LogP contribution in [0.2, 0.25) is 5.02 Å². The van der Waals surface area contributed by atoms with Gasteiger partial charge in [0.2, 0.25) is 0 Å². The lowest BCUT2D eigenvalue weighted by atomic mass is 9.83. The van der Waals surface area contributed by atoms with Crippen LogP contribution < -0.4 is 24.2 Å². The molecule has 0 spiro atoms. The number of rotatable bonds is 13. The summed E-state index contributed by atoms with van der Waals surface area (Å²) in [6, 6.07) is 22.0. The number of aryl methyl sites for hydroxylation is 4. The van der Waals surface area contributed by atoms with Crippen molar-refractivity contribution >= 4 is 37.0 Å². The van der Waals surface area contributed by atoms with Crippen LogP contribution in [0.1, 0.15) is 27.8 Å². The van der Waals surface area contributed by atoms with E-state index in [2.05, 4.69) is 10.4 Å². The van der Waals surface area contributed by atoms with Gasteiger partial charge in [-0.3, -0.25) is 0 Å². The van der Waals surface area contributed by atoms with Crippen LogP contribution in [-0.2, 0) is 29.2 Å². The molecule has 2 N–H and O–H groups in total. The lowest BCUT2D eigenvalue weighted by molar-refractivity contribution is -0.156. The van der Waals surface area contributed by atoms with E-state index in [0.29, 0.717) is 38.7 Å². The Hall–Kier alpha value is -4.50. The van der Waals surface area contributed by atoms with E-state index in [4.69, 9.17) is 34.9 Å². The Labute approximate surface area is 279 Å². The predicted molar refractivity (Wildman–Crippen MR) is 181 cm³/mol. The van der Waals surface area contributed by atoms with Crippen LogP contribution in [0, 0.1) is 27.7 Å². The van der Waals surface area contributed by atoms with E-state index in [0.717, 1.165) is 7.11 Å². The number of methoxy groups -OCH3 is 3. The minimum atomic E-state index is -4.71. The summed E-state index contributed by atoms with van der Waals surface area (Å²) in [6.07, 6.45) is 0. The average molecular weight is 681 g/mol. The number of nitrogens with one attached hydrogen (secondary N) is 2. The summed E-state index contributed by atoms with van der Waals surface area (Å²) in [4.78, 5) is 28.1. The molecule has 2 atom stereocenters. The van der Waals surface area contributed by atoms with Crippen LogP contribution in [-0.4, -0.2) is 39.3 Å². The third-order valence-electron chi connectivity index (χ3n) is 7.63. The maximum absolute atomic E-state index is 15.4. The van der Waals surface area contributed by atoms with Crippen molar-refractivity contribution < 1.29 is 37.4 Å². The predicted octanol–water partition coefficient (Wildman–Crippen LogP) is 7.46. The van der Waals surface area contributed by atoms with Crippen molar-refractivity contribution in [2.75, 3.05) is 26.6 Å². The monoisotopic (exact) mass is 680 g/mol. The van der Waals surface area contributed by atoms with Gasteiger partial charge in [0.15, 0.2) is 11.6 Å². The van der Waals surface area contributed by atoms with Gasteiger partial charge in [-0.05, 0) is 91.9 Å². The fourth-order valence-corrected chi connectivity index (χ4v) is 7.27. The number of hydrogen-bond acceptors (Lipinski definition) is 9. The van der Waals surface area contributed by atoms with E-state index in [-0.39, 0.29) is 17.1 Å². The van der Waals surface area contributed by atoms with Crippen molar-refractivity contribution in [1.29, 1.82) is 0 Å². The third-order valence-corrected chi connectivity index (χ3v) is 9.36. The second-order valence-electron chi connectivity index (χ2n) is 10.9. The zero-order valence-electron chi connectivity index (χ0n) is 27.3. The molecule has 10 nitrogen and oxygen atoms in total. The molecule has 0 fully saturated rings. The summed E-state index contributed by atoms with van der Waals surface area (Å²) in [5.41, 5.74) is 0.907. The molecule has 0 aliphatic heterocycles. The highest BCUT2D eigenvalue weighted by atomic mass is 35.5. The summed E-state index contributed by atoms with van der Waals surface area (Å²) in [6.45, 7) is 7.17. The molecular formula is C35H38ClN2O8P. The number of carbonyl (C=O) groups excluding carboxylic acids is 2. The van der Waals surface area contributed by atoms with Crippen molar-refractivity contribution in [2.24, 2.45) is 0 Å². The van der Waals surface area contributed by atoms with E-state index in [1.165, 1.54) is 38.5 Å². The number of ether oxygens (including phenoxy) is 3. The van der Waals surface area contributed by atoms with E-state index in [9.17, 15) is 9.59 Å². The molecule has 4 rings (SSSR count). The first-order valence-electron chi connectivity index (χ1n) is 14.6. The first kappa shape index (κ1) is 35.4. The zero-order chi connectivity index (χ0) is 34.4. The number of esters is 2. The molecule has 47 heavy (non-hydrogen) atoms. The maximum atomic E-state index is 15.4. The highest BCUT2D eigenvalue weighted by molar-refractivity contribution is 7.52. The molecule has 4 aromatic rings. The largest absolute Gasteiger partial charge is 0.514 e. The number of halogens is 1. The minimum Gasteiger partial charge on any atom is -0.497 e. The summed E-state index contributed by atoms with van der Waals surface area (Å²) < 4.78 is 43.9. The lowest BCUT2D eigenvalue weighted by Gasteiger charge is -2.40. The van der Waals surface area contributed by atoms with Crippen molar-refractivity contribution in [3.05, 3.63) is 118 Å². The van der Waals surface area contributed by atoms with Crippen molar-refractivity contribution in [1.82, 2.24) is 5.09 Å². The minimum absolute atomic E-state index is 0.153. The summed E-state index contributed by atoms with van der Waals surface area (Å²) in [7, 11) is -0.858. The molecule has 4 aromatic carbocycles. The van der Waals surface area contributed by atoms with Gasteiger partial charge in [0.25, 0.3) is 0 Å². The Kier molecular flexibility index (Phi) is 11.2. The van der Waals surface area contributed by atoms with Gasteiger partial charge in [0.05, 0.1) is 21.3 Å². The number of anilines is 1. The van der Waals surface area contributed by atoms with Crippen LogP contribution in [0.25, 0.3) is 0 Å². The Balaban J connectivity index is 2.02. The second-order valence-corrected chi connectivity index (χ2v) is 12.9. The molecule has 0 aliphatic carbocycles. The number of hydrogen-bond donors (Lipinski definition) is 2. The highest BCUT2D eigenvalue weighted by Gasteiger charge is 2.58. The summed E-state index contributed by atoms with van der Waals surface area (Å²) in [5, 5.41) is 6.34. The molecule has 0 saturated heterocycles. The van der Waals surface area contributed by atoms with Gasteiger partial charge < -0.3 is 28.6 Å². The van der Waals surface area contributed by atoms with Gasteiger partial charge in [-0.2, -0.15) is 5.09 Å². The molecule has 0 aliphatic rings. The second kappa shape index (κ2) is 14.9. The smallest absolute Gasteiger partial charge is 0.497 e. The Morgan fingerprint density at radius 2 is 1.21 bits per heavy atom. The third kappa shape index (κ3) is 7.73. The molecule has 0 saturated carbocycles. The van der Waals surface area contributed by atoms with Gasteiger partial charge in [-0.1, -0.05) is 60.1 Å². The summed E-state index contributed by atoms with van der Waals surface area (Å²) in [5.74, 6) is -0.788. The van der Waals surface area contributed by atoms with Crippen LogP contribution in [0.4, 0.5) is 5.69 Å². The SMILES string of the molecule is COC(=O)C(Nc1ccc(OC)cc1)C(NP(=O)(Oc1c(C)cccc1C)Oc1c(C)cccc1C)(C(=O)OC)c1ccc(Cl)cc1. The normalized spacial score (nSPS) is 13.1. The molecule has 0 heterocycles. The van der Waals surface area contributed by atoms with Gasteiger partial charge in [-0.25, -0.2) is 14.2 Å². The summed E-state index contributed by atoms with van der Waals surface area (Å²) >= 11 is 6.26. The van der Waals surface area contributed by atoms with E-state index in [1.807, 2.05) is 12.1 Å². The van der Waals surface area contributed by atoms with Gasteiger partial charge in [0.1, 0.15) is 17.2 Å². The van der Waals surface area contributed by atoms with Crippen LogP contribution in [0.5, 0.6) is 17.2 Å². The molecule has 0 radical (unpaired) electrons. The molecule has 248 valence electrons. The first-order valence-corrected chi connectivity index (χ1v) is 16.5. The van der Waals surface area contributed by atoms with Gasteiger partial charge in [0, 0.05) is 10.7 Å². The zero-order valence-corrected chi connectivity index (χ0v) is 28.9. The van der Waals surface area contributed by atoms with Crippen molar-refractivity contribution in [3.63, 3.8) is 0 Å². The molecule has 0 aromatic heterocycles. The molecule has 2 unspecified atom stereocenters. The van der Waals surface area contributed by atoms with Crippen LogP contribution >= 0.6 is 19.3 Å². The van der Waals surface area contributed by atoms with E-state index >= 15 is 4.57 Å². The Morgan fingerprint density at radius 3 is 1.64 bits per heavy atom. The highest BCUT2D eigenvalue weighted by Crippen LogP contribution is 2.52. The number of para-hydroxylation sites is 2. The quantitative estimate of drug-likeness (QED) is 0.109. The van der Waals surface area contributed by atoms with Crippen molar-refractivity contribution in [3.8, 4) is 17.2 Å². The number of carbonyl (C=O) groups is 2. The maximum Gasteiger partial charge on any atom is 0.514 e. The van der Waals surface area contributed by atoms with Gasteiger partial charge >= 0.3 is 19.7 Å². The molecular weight excluding hydrogens is 643 g/mol. The van der Waals surface area contributed by atoms with Crippen molar-refractivity contribution in [2.45, 2.75) is 39.3 Å². The molecule has 0 amide bonds. The Bertz CT molecular complexity index is 1680. The van der Waals surface area contributed by atoms with E-state index < -0.39 is 31.3 Å². The van der Waals surface area contributed by atoms with Gasteiger partial charge in [-0.15, -0.1) is 0 Å². The standard InChI is InChI=1S/C35H38ClN2O8P/c1-22-10-8-11-23(2)30(22)45-47(41,46-31-24(3)12-9-13-25(31)4)38-35(34(40)44-7,26-14-16-27(36)17-15-26)32(33(39)43-6)37-28-18-20-29(42-5)21-19-28/h8-21,32,37H,1-7H3,(H,38,41). The van der Waals surface area contributed by atoms with E-state index in [1.54, 1.807) is 76.2 Å². The van der Waals surface area contributed by atoms with Crippen LogP contribution in [0.15, 0.2) is 84.9 Å².